The number of benzene rings is 1. The zero-order valence-corrected chi connectivity index (χ0v) is 21.6. The third kappa shape index (κ3) is 5.33. The first-order chi connectivity index (χ1) is 18.6. The molecule has 202 valence electrons. The van der Waals surface area contributed by atoms with E-state index in [4.69, 9.17) is 4.52 Å². The summed E-state index contributed by atoms with van der Waals surface area (Å²) in [7, 11) is 0. The van der Waals surface area contributed by atoms with E-state index >= 15 is 4.39 Å². The quantitative estimate of drug-likeness (QED) is 0.239. The van der Waals surface area contributed by atoms with Crippen LogP contribution in [0.5, 0.6) is 0 Å². The minimum absolute atomic E-state index is 0.0608. The SMILES string of the molecule is CC(C)(C)c1nc(C(=O)NCc2ccc(-c3ccnc4[nH]nc(N5CC[C@@H](NC(=O)C=O)C5)c34)cc2F)no1. The molecule has 4 aromatic rings. The molecule has 0 aliphatic carbocycles. The zero-order chi connectivity index (χ0) is 27.7. The summed E-state index contributed by atoms with van der Waals surface area (Å²) in [5, 5.41) is 17.1. The predicted molar refractivity (Wildman–Crippen MR) is 138 cm³/mol. The van der Waals surface area contributed by atoms with Gasteiger partial charge in [-0.25, -0.2) is 9.37 Å². The van der Waals surface area contributed by atoms with Crippen molar-refractivity contribution in [1.29, 1.82) is 0 Å². The molecule has 4 heterocycles. The highest BCUT2D eigenvalue weighted by Crippen LogP contribution is 2.35. The maximum Gasteiger partial charge on any atom is 0.292 e. The van der Waals surface area contributed by atoms with E-state index in [1.807, 2.05) is 25.7 Å². The Morgan fingerprint density at radius 1 is 1.28 bits per heavy atom. The van der Waals surface area contributed by atoms with Gasteiger partial charge in [0.25, 0.3) is 17.6 Å². The molecule has 13 heteroatoms. The van der Waals surface area contributed by atoms with E-state index in [0.717, 1.165) is 5.56 Å². The van der Waals surface area contributed by atoms with Crippen molar-refractivity contribution in [1.82, 2.24) is 36.0 Å². The summed E-state index contributed by atoms with van der Waals surface area (Å²) in [6.45, 7) is 6.69. The van der Waals surface area contributed by atoms with Crippen molar-refractivity contribution in [2.45, 2.75) is 45.2 Å². The van der Waals surface area contributed by atoms with E-state index in [1.54, 1.807) is 24.4 Å². The Kier molecular flexibility index (Phi) is 6.81. The Morgan fingerprint density at radius 2 is 2.10 bits per heavy atom. The molecule has 0 unspecified atom stereocenters. The van der Waals surface area contributed by atoms with Crippen molar-refractivity contribution in [2.75, 3.05) is 18.0 Å². The average molecular weight is 535 g/mol. The van der Waals surface area contributed by atoms with Crippen LogP contribution >= 0.6 is 0 Å². The van der Waals surface area contributed by atoms with Crippen LogP contribution in [0.1, 0.15) is 49.3 Å². The first kappa shape index (κ1) is 25.9. The number of rotatable bonds is 7. The van der Waals surface area contributed by atoms with Gasteiger partial charge in [-0.15, -0.1) is 0 Å². The molecule has 3 aromatic heterocycles. The van der Waals surface area contributed by atoms with Crippen LogP contribution in [-0.2, 0) is 21.5 Å². The van der Waals surface area contributed by atoms with E-state index in [1.165, 1.54) is 6.07 Å². The molecule has 39 heavy (non-hydrogen) atoms. The van der Waals surface area contributed by atoms with E-state index < -0.39 is 23.0 Å². The highest BCUT2D eigenvalue weighted by molar-refractivity contribution is 6.23. The van der Waals surface area contributed by atoms with Gasteiger partial charge in [0, 0.05) is 42.9 Å². The van der Waals surface area contributed by atoms with E-state index in [2.05, 4.69) is 36.0 Å². The number of H-pyrrole nitrogens is 1. The van der Waals surface area contributed by atoms with Crippen molar-refractivity contribution in [3.63, 3.8) is 0 Å². The lowest BCUT2D eigenvalue weighted by molar-refractivity contribution is -0.131. The summed E-state index contributed by atoms with van der Waals surface area (Å²) < 4.78 is 20.3. The largest absolute Gasteiger partial charge is 0.352 e. The molecule has 0 radical (unpaired) electrons. The number of anilines is 1. The molecular formula is C26H27FN8O4. The van der Waals surface area contributed by atoms with E-state index in [0.29, 0.717) is 47.8 Å². The number of hydrogen-bond acceptors (Lipinski definition) is 9. The summed E-state index contributed by atoms with van der Waals surface area (Å²) in [6, 6.07) is 6.36. The lowest BCUT2D eigenvalue weighted by atomic mass is 9.97. The Hall–Kier alpha value is -4.68. The molecule has 1 aliphatic heterocycles. The molecule has 1 aromatic carbocycles. The summed E-state index contributed by atoms with van der Waals surface area (Å²) >= 11 is 0. The summed E-state index contributed by atoms with van der Waals surface area (Å²) in [6.07, 6.45) is 2.52. The fourth-order valence-electron chi connectivity index (χ4n) is 4.44. The van der Waals surface area contributed by atoms with Crippen molar-refractivity contribution in [3.8, 4) is 11.1 Å². The van der Waals surface area contributed by atoms with Gasteiger partial charge in [-0.2, -0.15) is 10.1 Å². The summed E-state index contributed by atoms with van der Waals surface area (Å²) in [5.74, 6) is -0.870. The fraction of sp³-hybridized carbons (Fsp3) is 0.346. The van der Waals surface area contributed by atoms with Gasteiger partial charge in [-0.1, -0.05) is 38.1 Å². The Labute approximate surface area is 222 Å². The van der Waals surface area contributed by atoms with E-state index in [-0.39, 0.29) is 30.3 Å². The number of aromatic amines is 1. The molecule has 5 rings (SSSR count). The minimum Gasteiger partial charge on any atom is -0.352 e. The van der Waals surface area contributed by atoms with E-state index in [9.17, 15) is 14.4 Å². The molecular weight excluding hydrogens is 507 g/mol. The van der Waals surface area contributed by atoms with Gasteiger partial charge in [-0.3, -0.25) is 19.5 Å². The Bertz CT molecular complexity index is 1560. The third-order valence-electron chi connectivity index (χ3n) is 6.46. The van der Waals surface area contributed by atoms with Gasteiger partial charge >= 0.3 is 0 Å². The highest BCUT2D eigenvalue weighted by atomic mass is 19.1. The van der Waals surface area contributed by atoms with Gasteiger partial charge in [0.15, 0.2) is 11.5 Å². The topological polar surface area (TPSA) is 159 Å². The van der Waals surface area contributed by atoms with Crippen LogP contribution < -0.4 is 15.5 Å². The number of aldehydes is 1. The second-order valence-corrected chi connectivity index (χ2v) is 10.3. The van der Waals surface area contributed by atoms with Crippen molar-refractivity contribution < 1.29 is 23.3 Å². The molecule has 1 fully saturated rings. The van der Waals surface area contributed by atoms with Crippen LogP contribution in [0.4, 0.5) is 10.2 Å². The van der Waals surface area contributed by atoms with Crippen LogP contribution in [-0.4, -0.2) is 62.6 Å². The second kappa shape index (κ2) is 10.2. The molecule has 1 saturated heterocycles. The highest BCUT2D eigenvalue weighted by Gasteiger charge is 2.28. The molecule has 0 bridgehead atoms. The van der Waals surface area contributed by atoms with Crippen molar-refractivity contribution in [3.05, 3.63) is 53.6 Å². The van der Waals surface area contributed by atoms with Crippen LogP contribution in [0.3, 0.4) is 0 Å². The molecule has 0 saturated carbocycles. The smallest absolute Gasteiger partial charge is 0.292 e. The van der Waals surface area contributed by atoms with Crippen LogP contribution in [0.15, 0.2) is 35.0 Å². The Balaban J connectivity index is 1.34. The third-order valence-corrected chi connectivity index (χ3v) is 6.46. The second-order valence-electron chi connectivity index (χ2n) is 10.3. The number of carbonyl (C=O) groups is 3. The predicted octanol–water partition coefficient (Wildman–Crippen LogP) is 2.27. The molecule has 2 amide bonds. The zero-order valence-electron chi connectivity index (χ0n) is 21.6. The van der Waals surface area contributed by atoms with Gasteiger partial charge in [-0.05, 0) is 29.7 Å². The lowest BCUT2D eigenvalue weighted by Crippen LogP contribution is -2.37. The number of halogens is 1. The van der Waals surface area contributed by atoms with Crippen LogP contribution in [0.25, 0.3) is 22.2 Å². The van der Waals surface area contributed by atoms with Gasteiger partial charge < -0.3 is 20.1 Å². The summed E-state index contributed by atoms with van der Waals surface area (Å²) in [4.78, 5) is 45.1. The molecule has 12 nitrogen and oxygen atoms in total. The standard InChI is InChI=1S/C26H27FN8O4/c1-26(2,3)25-31-22(34-39-25)24(38)29-11-15-5-4-14(10-18(15)27)17-6-8-28-21-20(17)23(33-32-21)35-9-7-16(12-35)30-19(37)13-36/h4-6,8,10,13,16H,7,9,11-12H2,1-3H3,(H,29,38)(H,30,37)(H,28,32,33)/t16-/m1/s1. The molecule has 0 spiro atoms. The number of carbonyl (C=O) groups excluding carboxylic acids is 3. The van der Waals surface area contributed by atoms with Crippen LogP contribution in [0, 0.1) is 5.82 Å². The minimum atomic E-state index is -0.658. The monoisotopic (exact) mass is 534 g/mol. The fourth-order valence-corrected chi connectivity index (χ4v) is 4.44. The number of nitrogens with one attached hydrogen (secondary N) is 3. The maximum atomic E-state index is 15.2. The van der Waals surface area contributed by atoms with Crippen molar-refractivity contribution in [2.24, 2.45) is 0 Å². The first-order valence-corrected chi connectivity index (χ1v) is 12.4. The van der Waals surface area contributed by atoms with Crippen molar-refractivity contribution >= 4 is 35.0 Å². The molecule has 3 N–H and O–H groups in total. The number of fused-ring (bicyclic) bond motifs is 1. The number of nitrogens with zero attached hydrogens (tertiary/aromatic N) is 5. The average Bonchev–Trinajstić information content (AvgIpc) is 3.66. The first-order valence-electron chi connectivity index (χ1n) is 12.4. The summed E-state index contributed by atoms with van der Waals surface area (Å²) in [5.41, 5.74) is 1.76. The molecule has 1 atom stereocenters. The van der Waals surface area contributed by atoms with Crippen LogP contribution in [0.2, 0.25) is 0 Å². The number of hydrogen-bond donors (Lipinski definition) is 3. The lowest BCUT2D eigenvalue weighted by Gasteiger charge is -2.17. The van der Waals surface area contributed by atoms with Gasteiger partial charge in [0.2, 0.25) is 12.2 Å². The van der Waals surface area contributed by atoms with Gasteiger partial charge in [0.05, 0.1) is 5.39 Å². The maximum absolute atomic E-state index is 15.2. The Morgan fingerprint density at radius 3 is 2.82 bits per heavy atom. The van der Waals surface area contributed by atoms with Gasteiger partial charge in [0.1, 0.15) is 5.82 Å². The molecule has 1 aliphatic rings. The number of aromatic nitrogens is 5. The number of amides is 2. The number of pyridine rings is 1. The normalized spacial score (nSPS) is 15.5.